The van der Waals surface area contributed by atoms with E-state index >= 15 is 0 Å². The number of amides is 1. The summed E-state index contributed by atoms with van der Waals surface area (Å²) in [5, 5.41) is 0.303. The van der Waals surface area contributed by atoms with Crippen molar-refractivity contribution in [1.82, 2.24) is 9.88 Å². The van der Waals surface area contributed by atoms with Gasteiger partial charge in [-0.25, -0.2) is 9.37 Å². The van der Waals surface area contributed by atoms with Gasteiger partial charge in [-0.2, -0.15) is 0 Å². The lowest BCUT2D eigenvalue weighted by Crippen LogP contribution is -2.26. The van der Waals surface area contributed by atoms with Gasteiger partial charge in [-0.15, -0.1) is 0 Å². The first-order valence-corrected chi connectivity index (χ1v) is 7.03. The summed E-state index contributed by atoms with van der Waals surface area (Å²) in [6.45, 7) is 2.28. The molecule has 0 bridgehead atoms. The van der Waals surface area contributed by atoms with Crippen molar-refractivity contribution in [2.24, 2.45) is 0 Å². The number of aryl methyl sites for hydroxylation is 1. The second-order valence-corrected chi connectivity index (χ2v) is 5.20. The zero-order valence-corrected chi connectivity index (χ0v) is 12.7. The third-order valence-corrected chi connectivity index (χ3v) is 3.31. The summed E-state index contributed by atoms with van der Waals surface area (Å²) in [6, 6.07) is 9.48. The molecule has 1 heterocycles. The largest absolute Gasteiger partial charge is 0.337 e. The summed E-state index contributed by atoms with van der Waals surface area (Å²) in [4.78, 5) is 18.1. The van der Waals surface area contributed by atoms with Crippen molar-refractivity contribution in [2.75, 3.05) is 7.05 Å². The van der Waals surface area contributed by atoms with Crippen LogP contribution in [0.1, 0.15) is 28.5 Å². The van der Waals surface area contributed by atoms with Crippen LogP contribution in [0.15, 0.2) is 36.4 Å². The Morgan fingerprint density at radius 2 is 2.10 bits per heavy atom. The predicted molar refractivity (Wildman–Crippen MR) is 80.8 cm³/mol. The maximum absolute atomic E-state index is 13.2. The van der Waals surface area contributed by atoms with Gasteiger partial charge in [0.25, 0.3) is 5.91 Å². The second kappa shape index (κ2) is 6.68. The van der Waals surface area contributed by atoms with Crippen molar-refractivity contribution in [1.29, 1.82) is 0 Å². The zero-order valence-electron chi connectivity index (χ0n) is 11.9. The van der Waals surface area contributed by atoms with Crippen LogP contribution >= 0.6 is 11.6 Å². The number of benzene rings is 1. The van der Waals surface area contributed by atoms with Gasteiger partial charge in [0.1, 0.15) is 11.0 Å². The van der Waals surface area contributed by atoms with Crippen LogP contribution in [-0.4, -0.2) is 22.8 Å². The number of pyridine rings is 1. The van der Waals surface area contributed by atoms with Crippen molar-refractivity contribution in [3.8, 4) is 0 Å². The minimum atomic E-state index is -0.312. The quantitative estimate of drug-likeness (QED) is 0.807. The summed E-state index contributed by atoms with van der Waals surface area (Å²) < 4.78 is 13.2. The lowest BCUT2D eigenvalue weighted by Gasteiger charge is -2.18. The van der Waals surface area contributed by atoms with E-state index in [0.717, 1.165) is 11.3 Å². The van der Waals surface area contributed by atoms with Crippen molar-refractivity contribution < 1.29 is 9.18 Å². The van der Waals surface area contributed by atoms with Gasteiger partial charge >= 0.3 is 0 Å². The maximum Gasteiger partial charge on any atom is 0.254 e. The number of hydrogen-bond acceptors (Lipinski definition) is 2. The minimum absolute atomic E-state index is 0.168. The molecular weight excluding hydrogens is 291 g/mol. The minimum Gasteiger partial charge on any atom is -0.337 e. The average molecular weight is 307 g/mol. The van der Waals surface area contributed by atoms with Crippen molar-refractivity contribution in [2.45, 2.75) is 19.9 Å². The number of rotatable bonds is 4. The Morgan fingerprint density at radius 1 is 1.33 bits per heavy atom. The van der Waals surface area contributed by atoms with E-state index in [1.807, 2.05) is 6.92 Å². The summed E-state index contributed by atoms with van der Waals surface area (Å²) >= 11 is 5.93. The fourth-order valence-electron chi connectivity index (χ4n) is 2.06. The van der Waals surface area contributed by atoms with E-state index in [1.54, 1.807) is 31.3 Å². The molecule has 0 atom stereocenters. The van der Waals surface area contributed by atoms with Gasteiger partial charge in [-0.05, 0) is 36.2 Å². The summed E-state index contributed by atoms with van der Waals surface area (Å²) in [5.74, 6) is -0.480. The lowest BCUT2D eigenvalue weighted by molar-refractivity contribution is 0.0784. The van der Waals surface area contributed by atoms with E-state index in [9.17, 15) is 9.18 Å². The maximum atomic E-state index is 13.2. The third kappa shape index (κ3) is 4.02. The molecule has 1 aromatic carbocycles. The molecule has 0 saturated carbocycles. The molecule has 0 saturated heterocycles. The molecule has 0 unspecified atom stereocenters. The molecule has 0 aliphatic carbocycles. The topological polar surface area (TPSA) is 33.2 Å². The fraction of sp³-hybridized carbons (Fsp3) is 0.250. The molecule has 0 N–H and O–H groups in total. The number of carbonyl (C=O) groups excluding carboxylic acids is 1. The van der Waals surface area contributed by atoms with Crippen molar-refractivity contribution >= 4 is 17.5 Å². The van der Waals surface area contributed by atoms with E-state index in [4.69, 9.17) is 11.6 Å². The van der Waals surface area contributed by atoms with Gasteiger partial charge in [0.05, 0.1) is 0 Å². The monoisotopic (exact) mass is 306 g/mol. The van der Waals surface area contributed by atoms with Crippen LogP contribution in [0.5, 0.6) is 0 Å². The molecule has 0 aliphatic heterocycles. The van der Waals surface area contributed by atoms with Crippen LogP contribution in [0, 0.1) is 5.82 Å². The van der Waals surface area contributed by atoms with E-state index in [0.29, 0.717) is 23.7 Å². The lowest BCUT2D eigenvalue weighted by atomic mass is 10.1. The molecule has 2 aromatic rings. The Hall–Kier alpha value is -1.94. The Balaban J connectivity index is 2.17. The molecule has 3 nitrogen and oxygen atoms in total. The standard InChI is InChI=1S/C16H16ClFN2O/c1-3-14-8-12(9-15(17)19-14)16(21)20(2)10-11-5-4-6-13(18)7-11/h4-9H,3,10H2,1-2H3. The fourth-order valence-corrected chi connectivity index (χ4v) is 2.28. The van der Waals surface area contributed by atoms with Crippen LogP contribution in [0.2, 0.25) is 5.15 Å². The molecule has 0 radical (unpaired) electrons. The SMILES string of the molecule is CCc1cc(C(=O)N(C)Cc2cccc(F)c2)cc(Cl)n1. The van der Waals surface area contributed by atoms with Crippen LogP contribution in [0.25, 0.3) is 0 Å². The molecule has 5 heteroatoms. The van der Waals surface area contributed by atoms with Crippen molar-refractivity contribution in [3.63, 3.8) is 0 Å². The number of nitrogens with zero attached hydrogens (tertiary/aromatic N) is 2. The van der Waals surface area contributed by atoms with E-state index in [2.05, 4.69) is 4.98 Å². The van der Waals surface area contributed by atoms with Gasteiger partial charge in [0.15, 0.2) is 0 Å². The van der Waals surface area contributed by atoms with E-state index in [-0.39, 0.29) is 11.7 Å². The highest BCUT2D eigenvalue weighted by Crippen LogP contribution is 2.15. The van der Waals surface area contributed by atoms with Crippen LogP contribution in [-0.2, 0) is 13.0 Å². The smallest absolute Gasteiger partial charge is 0.254 e. The highest BCUT2D eigenvalue weighted by atomic mass is 35.5. The first-order valence-electron chi connectivity index (χ1n) is 6.66. The van der Waals surface area contributed by atoms with Gasteiger partial charge < -0.3 is 4.90 Å². The van der Waals surface area contributed by atoms with E-state index in [1.165, 1.54) is 17.0 Å². The summed E-state index contributed by atoms with van der Waals surface area (Å²) in [7, 11) is 1.67. The average Bonchev–Trinajstić information content (AvgIpc) is 2.45. The predicted octanol–water partition coefficient (Wildman–Crippen LogP) is 3.71. The number of halogens is 2. The van der Waals surface area contributed by atoms with Crippen LogP contribution in [0.4, 0.5) is 4.39 Å². The van der Waals surface area contributed by atoms with Crippen LogP contribution < -0.4 is 0 Å². The highest BCUT2D eigenvalue weighted by Gasteiger charge is 2.14. The number of carbonyl (C=O) groups is 1. The first-order chi connectivity index (χ1) is 9.99. The highest BCUT2D eigenvalue weighted by molar-refractivity contribution is 6.29. The van der Waals surface area contributed by atoms with Crippen LogP contribution in [0.3, 0.4) is 0 Å². The molecule has 0 spiro atoms. The van der Waals surface area contributed by atoms with Gasteiger partial charge in [0.2, 0.25) is 0 Å². The molecule has 21 heavy (non-hydrogen) atoms. The second-order valence-electron chi connectivity index (χ2n) is 4.81. The molecule has 1 amide bonds. The molecule has 110 valence electrons. The molecule has 1 aromatic heterocycles. The van der Waals surface area contributed by atoms with Gasteiger partial charge in [-0.3, -0.25) is 4.79 Å². The van der Waals surface area contributed by atoms with Gasteiger partial charge in [0, 0.05) is 24.8 Å². The Labute approximate surface area is 128 Å². The number of hydrogen-bond donors (Lipinski definition) is 0. The van der Waals surface area contributed by atoms with E-state index < -0.39 is 0 Å². The Bertz CT molecular complexity index is 660. The molecule has 0 aliphatic rings. The Morgan fingerprint density at radius 3 is 2.76 bits per heavy atom. The zero-order chi connectivity index (χ0) is 15.4. The normalized spacial score (nSPS) is 10.5. The molecular formula is C16H16ClFN2O. The molecule has 0 fully saturated rings. The Kier molecular flexibility index (Phi) is 4.91. The summed E-state index contributed by atoms with van der Waals surface area (Å²) in [5.41, 5.74) is 2.00. The number of aromatic nitrogens is 1. The summed E-state index contributed by atoms with van der Waals surface area (Å²) in [6.07, 6.45) is 0.703. The third-order valence-electron chi connectivity index (χ3n) is 3.11. The van der Waals surface area contributed by atoms with Gasteiger partial charge in [-0.1, -0.05) is 30.7 Å². The molecule has 2 rings (SSSR count). The first kappa shape index (κ1) is 15.4. The van der Waals surface area contributed by atoms with Crippen molar-refractivity contribution in [3.05, 3.63) is 64.2 Å².